The molecule has 0 radical (unpaired) electrons. The minimum Gasteiger partial charge on any atom is -0.373 e. The second-order valence-corrected chi connectivity index (χ2v) is 6.29. The van der Waals surface area contributed by atoms with Crippen molar-refractivity contribution >= 4 is 11.7 Å². The second-order valence-electron chi connectivity index (χ2n) is 6.29. The molecule has 1 aromatic rings. The monoisotopic (exact) mass is 277 g/mol. The van der Waals surface area contributed by atoms with E-state index in [9.17, 15) is 4.79 Å². The first-order chi connectivity index (χ1) is 9.27. The Kier molecular flexibility index (Phi) is 5.54. The summed E-state index contributed by atoms with van der Waals surface area (Å²) in [7, 11) is 1.82. The minimum absolute atomic E-state index is 0.0383. The number of hydrogen-bond donors (Lipinski definition) is 2. The maximum atomic E-state index is 12.4. The average Bonchev–Trinajstić information content (AvgIpc) is 2.37. The van der Waals surface area contributed by atoms with Gasteiger partial charge in [-0.3, -0.25) is 4.79 Å². The third-order valence-electron chi connectivity index (χ3n) is 3.55. The number of rotatable bonds is 5. The van der Waals surface area contributed by atoms with E-state index < -0.39 is 0 Å². The molecule has 1 aromatic heterocycles. The number of nitrogens with one attached hydrogen (secondary N) is 2. The molecule has 0 aromatic carbocycles. The zero-order valence-corrected chi connectivity index (χ0v) is 13.5. The normalized spacial score (nSPS) is 12.9. The van der Waals surface area contributed by atoms with E-state index >= 15 is 0 Å². The summed E-state index contributed by atoms with van der Waals surface area (Å²) in [5, 5.41) is 6.08. The number of pyridine rings is 1. The SMILES string of the molecule is CCCc1cc(C(=O)NC(C)C(C)(C)C)cc(NC)n1. The quantitative estimate of drug-likeness (QED) is 0.868. The van der Waals surface area contributed by atoms with Crippen molar-refractivity contribution < 1.29 is 4.79 Å². The van der Waals surface area contributed by atoms with Crippen molar-refractivity contribution in [2.45, 2.75) is 53.5 Å². The van der Waals surface area contributed by atoms with Gasteiger partial charge in [-0.25, -0.2) is 4.98 Å². The lowest BCUT2D eigenvalue weighted by atomic mass is 9.88. The van der Waals surface area contributed by atoms with Crippen LogP contribution in [0.3, 0.4) is 0 Å². The Morgan fingerprint density at radius 2 is 2.00 bits per heavy atom. The van der Waals surface area contributed by atoms with Gasteiger partial charge in [0, 0.05) is 24.3 Å². The molecule has 4 heteroatoms. The van der Waals surface area contributed by atoms with Crippen LogP contribution in [0.15, 0.2) is 12.1 Å². The van der Waals surface area contributed by atoms with Gasteiger partial charge in [0.15, 0.2) is 0 Å². The van der Waals surface area contributed by atoms with Crippen molar-refractivity contribution in [1.29, 1.82) is 0 Å². The molecule has 112 valence electrons. The van der Waals surface area contributed by atoms with Crippen molar-refractivity contribution in [1.82, 2.24) is 10.3 Å². The summed E-state index contributed by atoms with van der Waals surface area (Å²) in [5.74, 6) is 0.702. The van der Waals surface area contributed by atoms with Crippen LogP contribution in [0.1, 0.15) is 57.1 Å². The van der Waals surface area contributed by atoms with Crippen LogP contribution in [0.25, 0.3) is 0 Å². The highest BCUT2D eigenvalue weighted by atomic mass is 16.1. The number of aromatic nitrogens is 1. The summed E-state index contributed by atoms with van der Waals surface area (Å²) in [6, 6.07) is 3.79. The van der Waals surface area contributed by atoms with Gasteiger partial charge in [0.25, 0.3) is 5.91 Å². The molecule has 20 heavy (non-hydrogen) atoms. The molecule has 1 rings (SSSR count). The number of carbonyl (C=O) groups is 1. The van der Waals surface area contributed by atoms with Gasteiger partial charge in [-0.1, -0.05) is 34.1 Å². The molecule has 1 atom stereocenters. The fourth-order valence-corrected chi connectivity index (χ4v) is 1.73. The third-order valence-corrected chi connectivity index (χ3v) is 3.55. The molecular formula is C16H27N3O. The first-order valence-electron chi connectivity index (χ1n) is 7.27. The molecule has 0 aliphatic carbocycles. The highest BCUT2D eigenvalue weighted by Gasteiger charge is 2.22. The molecular weight excluding hydrogens is 250 g/mol. The predicted molar refractivity (Wildman–Crippen MR) is 84.2 cm³/mol. The minimum atomic E-state index is -0.0383. The van der Waals surface area contributed by atoms with Crippen molar-refractivity contribution in [2.24, 2.45) is 5.41 Å². The van der Waals surface area contributed by atoms with Gasteiger partial charge in [0.1, 0.15) is 5.82 Å². The van der Waals surface area contributed by atoms with Crippen molar-refractivity contribution in [2.75, 3.05) is 12.4 Å². The van der Waals surface area contributed by atoms with Gasteiger partial charge >= 0.3 is 0 Å². The number of aryl methyl sites for hydroxylation is 1. The zero-order valence-electron chi connectivity index (χ0n) is 13.5. The van der Waals surface area contributed by atoms with E-state index in [0.717, 1.165) is 24.4 Å². The number of amides is 1. The zero-order chi connectivity index (χ0) is 15.3. The summed E-state index contributed by atoms with van der Waals surface area (Å²) < 4.78 is 0. The first kappa shape index (κ1) is 16.5. The standard InChI is InChI=1S/C16H27N3O/c1-7-8-13-9-12(10-14(17-6)19-13)15(20)18-11(2)16(3,4)5/h9-11H,7-8H2,1-6H3,(H,17,19)(H,18,20). The van der Waals surface area contributed by atoms with Gasteiger partial charge in [-0.15, -0.1) is 0 Å². The van der Waals surface area contributed by atoms with E-state index in [1.807, 2.05) is 20.0 Å². The van der Waals surface area contributed by atoms with Crippen molar-refractivity contribution in [3.63, 3.8) is 0 Å². The Balaban J connectivity index is 2.94. The molecule has 0 bridgehead atoms. The highest BCUT2D eigenvalue weighted by molar-refractivity contribution is 5.95. The van der Waals surface area contributed by atoms with Crippen LogP contribution in [0, 0.1) is 5.41 Å². The molecule has 0 saturated carbocycles. The number of nitrogens with zero attached hydrogens (tertiary/aromatic N) is 1. The second kappa shape index (κ2) is 6.73. The molecule has 0 spiro atoms. The van der Waals surface area contributed by atoms with E-state index in [-0.39, 0.29) is 17.4 Å². The summed E-state index contributed by atoms with van der Waals surface area (Å²) in [4.78, 5) is 16.8. The molecule has 0 saturated heterocycles. The average molecular weight is 277 g/mol. The maximum absolute atomic E-state index is 12.4. The Labute approximate surface area is 122 Å². The van der Waals surface area contributed by atoms with Gasteiger partial charge < -0.3 is 10.6 Å². The summed E-state index contributed by atoms with van der Waals surface area (Å²) in [5.41, 5.74) is 1.66. The number of anilines is 1. The molecule has 0 aliphatic heterocycles. The lowest BCUT2D eigenvalue weighted by Gasteiger charge is -2.28. The Hall–Kier alpha value is -1.58. The van der Waals surface area contributed by atoms with Crippen LogP contribution in [0.2, 0.25) is 0 Å². The van der Waals surface area contributed by atoms with Crippen LogP contribution < -0.4 is 10.6 Å². The van der Waals surface area contributed by atoms with Crippen LogP contribution in [-0.4, -0.2) is 24.0 Å². The van der Waals surface area contributed by atoms with Crippen LogP contribution >= 0.6 is 0 Å². The molecule has 0 fully saturated rings. The third kappa shape index (κ3) is 4.51. The van der Waals surface area contributed by atoms with Gasteiger partial charge in [0.05, 0.1) is 0 Å². The molecule has 1 amide bonds. The molecule has 2 N–H and O–H groups in total. The van der Waals surface area contributed by atoms with Crippen LogP contribution in [0.5, 0.6) is 0 Å². The Bertz CT molecular complexity index is 463. The Morgan fingerprint density at radius 1 is 1.35 bits per heavy atom. The first-order valence-corrected chi connectivity index (χ1v) is 7.27. The largest absolute Gasteiger partial charge is 0.373 e. The fourth-order valence-electron chi connectivity index (χ4n) is 1.73. The number of carbonyl (C=O) groups excluding carboxylic acids is 1. The predicted octanol–water partition coefficient (Wildman–Crippen LogP) is 3.24. The maximum Gasteiger partial charge on any atom is 0.251 e. The van der Waals surface area contributed by atoms with E-state index in [4.69, 9.17) is 0 Å². The van der Waals surface area contributed by atoms with Crippen LogP contribution in [0.4, 0.5) is 5.82 Å². The van der Waals surface area contributed by atoms with Gasteiger partial charge in [0.2, 0.25) is 0 Å². The topological polar surface area (TPSA) is 54.0 Å². The highest BCUT2D eigenvalue weighted by Crippen LogP contribution is 2.19. The van der Waals surface area contributed by atoms with E-state index in [0.29, 0.717) is 5.56 Å². The molecule has 0 aliphatic rings. The molecule has 1 heterocycles. The molecule has 4 nitrogen and oxygen atoms in total. The van der Waals surface area contributed by atoms with Gasteiger partial charge in [-0.2, -0.15) is 0 Å². The lowest BCUT2D eigenvalue weighted by Crippen LogP contribution is -2.41. The fraction of sp³-hybridized carbons (Fsp3) is 0.625. The summed E-state index contributed by atoms with van der Waals surface area (Å²) in [6.45, 7) is 10.5. The van der Waals surface area contributed by atoms with E-state index in [2.05, 4.69) is 43.3 Å². The van der Waals surface area contributed by atoms with E-state index in [1.165, 1.54) is 0 Å². The van der Waals surface area contributed by atoms with Gasteiger partial charge in [-0.05, 0) is 30.9 Å². The molecule has 1 unspecified atom stereocenters. The van der Waals surface area contributed by atoms with Crippen molar-refractivity contribution in [3.05, 3.63) is 23.4 Å². The summed E-state index contributed by atoms with van der Waals surface area (Å²) >= 11 is 0. The van der Waals surface area contributed by atoms with E-state index in [1.54, 1.807) is 6.07 Å². The smallest absolute Gasteiger partial charge is 0.251 e. The Morgan fingerprint density at radius 3 is 2.50 bits per heavy atom. The summed E-state index contributed by atoms with van der Waals surface area (Å²) in [6.07, 6.45) is 1.89. The van der Waals surface area contributed by atoms with Crippen LogP contribution in [-0.2, 0) is 6.42 Å². The number of hydrogen-bond acceptors (Lipinski definition) is 3. The van der Waals surface area contributed by atoms with Crippen molar-refractivity contribution in [3.8, 4) is 0 Å². The lowest BCUT2D eigenvalue weighted by molar-refractivity contribution is 0.0910.